The first-order chi connectivity index (χ1) is 18.9. The number of nitrogens with zero attached hydrogens (tertiary/aromatic N) is 1. The number of allylic oxidation sites excluding steroid dienone is 2. The molecule has 0 saturated heterocycles. The summed E-state index contributed by atoms with van der Waals surface area (Å²) in [5.41, 5.74) is 2.57. The Labute approximate surface area is 237 Å². The Morgan fingerprint density at radius 3 is 2.50 bits per heavy atom. The number of carboxylic acid groups (broad SMARTS) is 1. The van der Waals surface area contributed by atoms with Gasteiger partial charge in [-0.15, -0.1) is 0 Å². The van der Waals surface area contributed by atoms with Crippen LogP contribution in [0.1, 0.15) is 98.8 Å². The van der Waals surface area contributed by atoms with Gasteiger partial charge in [0.15, 0.2) is 6.61 Å². The minimum atomic E-state index is -1.10. The van der Waals surface area contributed by atoms with Crippen molar-refractivity contribution in [2.24, 2.45) is 39.7 Å². The first-order valence-corrected chi connectivity index (χ1v) is 15.1. The van der Waals surface area contributed by atoms with Gasteiger partial charge in [0.25, 0.3) is 5.91 Å². The number of rotatable bonds is 10. The topological polar surface area (TPSA) is 134 Å². The predicted octanol–water partition coefficient (Wildman–Crippen LogP) is 4.40. The number of ketones is 1. The van der Waals surface area contributed by atoms with E-state index in [0.29, 0.717) is 36.4 Å². The number of Topliss-reactive ketones (excluding diaryl/α,β-unsaturated/α-hetero) is 1. The average molecular weight is 558 g/mol. The van der Waals surface area contributed by atoms with Crippen molar-refractivity contribution in [1.29, 1.82) is 0 Å². The molecule has 0 radical (unpaired) electrons. The van der Waals surface area contributed by atoms with Crippen LogP contribution in [0.15, 0.2) is 16.8 Å². The van der Waals surface area contributed by atoms with E-state index in [1.165, 1.54) is 25.3 Å². The average Bonchev–Trinajstić information content (AvgIpc) is 3.26. The molecule has 0 aromatic rings. The van der Waals surface area contributed by atoms with E-state index < -0.39 is 29.9 Å². The van der Waals surface area contributed by atoms with Crippen LogP contribution in [-0.2, 0) is 24.0 Å². The Morgan fingerprint density at radius 1 is 1.07 bits per heavy atom. The van der Waals surface area contributed by atoms with Crippen LogP contribution >= 0.6 is 0 Å². The molecule has 0 heterocycles. The van der Waals surface area contributed by atoms with Crippen LogP contribution in [0.3, 0.4) is 0 Å². The van der Waals surface area contributed by atoms with Gasteiger partial charge in [0.05, 0.1) is 5.71 Å². The molecule has 0 unspecified atom stereocenters. The lowest BCUT2D eigenvalue weighted by Gasteiger charge is -2.58. The first kappa shape index (κ1) is 30.3. The molecule has 40 heavy (non-hydrogen) atoms. The van der Waals surface area contributed by atoms with Crippen molar-refractivity contribution in [3.8, 4) is 0 Å². The van der Waals surface area contributed by atoms with Crippen molar-refractivity contribution < 1.29 is 29.1 Å². The number of oxime groups is 1. The monoisotopic (exact) mass is 557 g/mol. The number of nitrogens with one attached hydrogen (secondary N) is 2. The lowest BCUT2D eigenvalue weighted by Crippen LogP contribution is -2.51. The van der Waals surface area contributed by atoms with Gasteiger partial charge in [-0.1, -0.05) is 37.9 Å². The summed E-state index contributed by atoms with van der Waals surface area (Å²) >= 11 is 0. The van der Waals surface area contributed by atoms with E-state index in [-0.39, 0.29) is 23.4 Å². The molecule has 3 N–H and O–H groups in total. The Balaban J connectivity index is 1.31. The molecule has 8 atom stereocenters. The van der Waals surface area contributed by atoms with Gasteiger partial charge in [-0.3, -0.25) is 14.4 Å². The summed E-state index contributed by atoms with van der Waals surface area (Å²) in [5, 5.41) is 18.5. The number of carbonyl (C=O) groups is 4. The number of fused-ring (bicyclic) bond motifs is 5. The second-order valence-electron chi connectivity index (χ2n) is 13.1. The smallest absolute Gasteiger partial charge is 0.326 e. The zero-order valence-electron chi connectivity index (χ0n) is 24.8. The van der Waals surface area contributed by atoms with Crippen LogP contribution in [-0.4, -0.2) is 53.1 Å². The van der Waals surface area contributed by atoms with E-state index >= 15 is 0 Å². The van der Waals surface area contributed by atoms with E-state index in [1.807, 2.05) is 6.92 Å². The standard InChI is InChI=1S/C31H47N3O6/c1-6-7-26(29(38)39)33-28(37)18(2)32-27(36)17-40-34-21-12-14-30(4)20(16-21)8-9-22-24-11-10-23(19(3)35)31(24,5)15-13-25(22)30/h16,18,22-26H,6-15,17H2,1-5H3,(H,32,36)(H,33,37)(H,38,39)/b34-21-/t18-,22+,23-,24+,25+,26-,30+,31-/m1/s1. The highest BCUT2D eigenvalue weighted by atomic mass is 16.6. The lowest BCUT2D eigenvalue weighted by molar-refractivity contribution is -0.142. The normalized spacial score (nSPS) is 35.3. The number of carboxylic acids is 1. The molecule has 3 saturated carbocycles. The molecule has 4 rings (SSSR count). The highest BCUT2D eigenvalue weighted by molar-refractivity contribution is 5.96. The van der Waals surface area contributed by atoms with E-state index in [2.05, 4.69) is 35.7 Å². The molecular weight excluding hydrogens is 510 g/mol. The summed E-state index contributed by atoms with van der Waals surface area (Å²) in [6.07, 6.45) is 11.6. The molecule has 222 valence electrons. The van der Waals surface area contributed by atoms with Crippen molar-refractivity contribution in [2.75, 3.05) is 6.61 Å². The van der Waals surface area contributed by atoms with E-state index in [1.54, 1.807) is 6.92 Å². The van der Waals surface area contributed by atoms with E-state index in [4.69, 9.17) is 4.84 Å². The van der Waals surface area contributed by atoms with Gasteiger partial charge in [-0.2, -0.15) is 0 Å². The molecule has 4 aliphatic rings. The van der Waals surface area contributed by atoms with Gasteiger partial charge >= 0.3 is 5.97 Å². The minimum absolute atomic E-state index is 0.142. The molecule has 4 aliphatic carbocycles. The Morgan fingerprint density at radius 2 is 1.82 bits per heavy atom. The Bertz CT molecular complexity index is 1080. The molecule has 9 heteroatoms. The van der Waals surface area contributed by atoms with Crippen LogP contribution in [0.5, 0.6) is 0 Å². The molecule has 3 fully saturated rings. The fraction of sp³-hybridized carbons (Fsp3) is 0.774. The maximum absolute atomic E-state index is 12.4. The predicted molar refractivity (Wildman–Crippen MR) is 151 cm³/mol. The fourth-order valence-corrected chi connectivity index (χ4v) is 8.68. The van der Waals surface area contributed by atoms with Gasteiger partial charge in [0, 0.05) is 5.92 Å². The van der Waals surface area contributed by atoms with Crippen molar-refractivity contribution >= 4 is 29.3 Å². The third kappa shape index (κ3) is 5.84. The summed E-state index contributed by atoms with van der Waals surface area (Å²) in [6.45, 7) is 9.61. The summed E-state index contributed by atoms with van der Waals surface area (Å²) in [7, 11) is 0. The van der Waals surface area contributed by atoms with Crippen molar-refractivity contribution in [1.82, 2.24) is 10.6 Å². The van der Waals surface area contributed by atoms with Crippen LogP contribution in [0.25, 0.3) is 0 Å². The SMILES string of the molecule is CCC[C@@H](NC(=O)[C@@H](C)NC(=O)CO/N=C1\C=C2CC[C@H]3[C@@H]4CC[C@H](C(C)=O)[C@@]4(C)CC[C@@H]3[C@@]2(C)CC1)C(=O)O. The number of aliphatic carboxylic acids is 1. The Hall–Kier alpha value is -2.71. The molecular formula is C31H47N3O6. The molecule has 9 nitrogen and oxygen atoms in total. The largest absolute Gasteiger partial charge is 0.480 e. The number of hydrogen-bond donors (Lipinski definition) is 3. The summed E-state index contributed by atoms with van der Waals surface area (Å²) in [4.78, 5) is 53.7. The summed E-state index contributed by atoms with van der Waals surface area (Å²) < 4.78 is 0. The third-order valence-corrected chi connectivity index (χ3v) is 10.8. The molecule has 0 aromatic heterocycles. The minimum Gasteiger partial charge on any atom is -0.480 e. The van der Waals surface area contributed by atoms with E-state index in [9.17, 15) is 24.3 Å². The zero-order valence-corrected chi connectivity index (χ0v) is 24.8. The zero-order chi connectivity index (χ0) is 29.2. The summed E-state index contributed by atoms with van der Waals surface area (Å²) in [5.74, 6) is 0.407. The third-order valence-electron chi connectivity index (χ3n) is 10.8. The Kier molecular flexibility index (Phi) is 9.10. The van der Waals surface area contributed by atoms with Gasteiger partial charge in [0.2, 0.25) is 5.91 Å². The first-order valence-electron chi connectivity index (χ1n) is 15.1. The van der Waals surface area contributed by atoms with Crippen LogP contribution in [0.2, 0.25) is 0 Å². The number of carbonyl (C=O) groups excluding carboxylic acids is 3. The summed E-state index contributed by atoms with van der Waals surface area (Å²) in [6, 6.07) is -1.87. The van der Waals surface area contributed by atoms with Crippen molar-refractivity contribution in [2.45, 2.75) is 111 Å². The highest BCUT2D eigenvalue weighted by Crippen LogP contribution is 2.66. The van der Waals surface area contributed by atoms with Crippen molar-refractivity contribution in [3.63, 3.8) is 0 Å². The molecule has 0 spiro atoms. The molecule has 0 bridgehead atoms. The molecule has 0 aliphatic heterocycles. The highest BCUT2D eigenvalue weighted by Gasteiger charge is 2.59. The van der Waals surface area contributed by atoms with Crippen LogP contribution in [0.4, 0.5) is 0 Å². The van der Waals surface area contributed by atoms with Gasteiger partial charge < -0.3 is 20.6 Å². The van der Waals surface area contributed by atoms with Gasteiger partial charge in [0.1, 0.15) is 17.9 Å². The second-order valence-corrected chi connectivity index (χ2v) is 13.1. The number of hydrogen-bond acceptors (Lipinski definition) is 6. The van der Waals surface area contributed by atoms with Crippen LogP contribution < -0.4 is 10.6 Å². The number of amides is 2. The van der Waals surface area contributed by atoms with Gasteiger partial charge in [-0.05, 0) is 106 Å². The maximum atomic E-state index is 12.4. The quantitative estimate of drug-likeness (QED) is 0.341. The maximum Gasteiger partial charge on any atom is 0.326 e. The fourth-order valence-electron chi connectivity index (χ4n) is 8.68. The van der Waals surface area contributed by atoms with Crippen LogP contribution in [0, 0.1) is 34.5 Å². The molecule has 0 aromatic carbocycles. The lowest BCUT2D eigenvalue weighted by atomic mass is 9.46. The molecule has 2 amide bonds. The van der Waals surface area contributed by atoms with E-state index in [0.717, 1.165) is 44.2 Å². The van der Waals surface area contributed by atoms with Gasteiger partial charge in [-0.25, -0.2) is 4.79 Å². The van der Waals surface area contributed by atoms with Crippen molar-refractivity contribution in [3.05, 3.63) is 11.6 Å². The second kappa shape index (κ2) is 12.0.